The third-order valence-corrected chi connectivity index (χ3v) is 4.76. The van der Waals surface area contributed by atoms with E-state index in [1.807, 2.05) is 36.5 Å². The van der Waals surface area contributed by atoms with Crippen LogP contribution in [0.15, 0.2) is 36.4 Å². The second-order valence-corrected chi connectivity index (χ2v) is 6.94. The summed E-state index contributed by atoms with van der Waals surface area (Å²) in [4.78, 5) is 12.3. The lowest BCUT2D eigenvalue weighted by Crippen LogP contribution is -2.92. The van der Waals surface area contributed by atoms with Crippen LogP contribution in [-0.4, -0.2) is 19.1 Å². The molecule has 0 heterocycles. The highest BCUT2D eigenvalue weighted by atomic mass is 35.5. The van der Waals surface area contributed by atoms with Crippen molar-refractivity contribution in [3.05, 3.63) is 63.4 Å². The Balaban J connectivity index is 1.92. The molecule has 0 saturated heterocycles. The van der Waals surface area contributed by atoms with Crippen molar-refractivity contribution < 1.29 is 19.2 Å². The van der Waals surface area contributed by atoms with E-state index in [1.165, 1.54) is 12.1 Å². The number of benzene rings is 2. The summed E-state index contributed by atoms with van der Waals surface area (Å²) in [7, 11) is 1.61. The number of carbonyl (C=O) groups excluding carboxylic acids is 1. The van der Waals surface area contributed by atoms with E-state index >= 15 is 0 Å². The van der Waals surface area contributed by atoms with Crippen LogP contribution in [0.5, 0.6) is 5.75 Å². The van der Waals surface area contributed by atoms with Gasteiger partial charge in [-0.3, -0.25) is 4.79 Å². The van der Waals surface area contributed by atoms with Gasteiger partial charge >= 0.3 is 0 Å². The molecule has 0 aliphatic heterocycles. The van der Waals surface area contributed by atoms with Crippen LogP contribution in [0.3, 0.4) is 0 Å². The molecule has 26 heavy (non-hydrogen) atoms. The molecule has 0 aromatic heterocycles. The quantitative estimate of drug-likeness (QED) is 0.700. The molecular weight excluding hydrogens is 378 g/mol. The summed E-state index contributed by atoms with van der Waals surface area (Å²) < 4.78 is 18.8. The summed E-state index contributed by atoms with van der Waals surface area (Å²) in [5.41, 5.74) is 1.57. The highest BCUT2D eigenvalue weighted by molar-refractivity contribution is 6.35. The van der Waals surface area contributed by atoms with E-state index < -0.39 is 5.82 Å². The fourth-order valence-corrected chi connectivity index (χ4v) is 3.16. The maximum Gasteiger partial charge on any atom is 0.278 e. The Bertz CT molecular complexity index is 769. The van der Waals surface area contributed by atoms with E-state index in [-0.39, 0.29) is 23.0 Å². The van der Waals surface area contributed by atoms with Crippen molar-refractivity contribution in [3.8, 4) is 5.75 Å². The zero-order chi connectivity index (χ0) is 19.3. The fraction of sp³-hybridized carbons (Fsp3) is 0.316. The summed E-state index contributed by atoms with van der Waals surface area (Å²) >= 11 is 11.9. The molecule has 140 valence electrons. The van der Waals surface area contributed by atoms with E-state index in [2.05, 4.69) is 5.32 Å². The Morgan fingerprint density at radius 2 is 1.85 bits per heavy atom. The molecule has 0 fully saturated rings. The fourth-order valence-electron chi connectivity index (χ4n) is 2.60. The van der Waals surface area contributed by atoms with Crippen molar-refractivity contribution in [2.45, 2.75) is 32.5 Å². The highest BCUT2D eigenvalue weighted by Crippen LogP contribution is 2.27. The topological polar surface area (TPSA) is 54.9 Å². The van der Waals surface area contributed by atoms with Gasteiger partial charge in [-0.1, -0.05) is 35.3 Å². The SMILES string of the molecule is COc1ccc(CNC(=O)[C@@H](C)[NH2+][C@@H](C)c2cc(F)c(Cl)cc2Cl)cc1. The predicted molar refractivity (Wildman–Crippen MR) is 101 cm³/mol. The molecule has 2 aromatic carbocycles. The lowest BCUT2D eigenvalue weighted by Gasteiger charge is -2.18. The number of hydrogen-bond donors (Lipinski definition) is 2. The van der Waals surface area contributed by atoms with Crippen molar-refractivity contribution >= 4 is 29.1 Å². The van der Waals surface area contributed by atoms with Gasteiger partial charge in [0, 0.05) is 12.1 Å². The lowest BCUT2D eigenvalue weighted by molar-refractivity contribution is -0.710. The van der Waals surface area contributed by atoms with Crippen molar-refractivity contribution in [1.29, 1.82) is 0 Å². The van der Waals surface area contributed by atoms with Gasteiger partial charge in [0.15, 0.2) is 6.04 Å². The Hall–Kier alpha value is -1.82. The van der Waals surface area contributed by atoms with Gasteiger partial charge in [0.2, 0.25) is 0 Å². The number of quaternary nitrogens is 1. The van der Waals surface area contributed by atoms with Crippen LogP contribution in [0.1, 0.15) is 31.0 Å². The molecule has 0 spiro atoms. The molecule has 0 bridgehead atoms. The summed E-state index contributed by atoms with van der Waals surface area (Å²) in [5.74, 6) is 0.129. The van der Waals surface area contributed by atoms with E-state index in [1.54, 1.807) is 14.0 Å². The van der Waals surface area contributed by atoms with Crippen molar-refractivity contribution in [3.63, 3.8) is 0 Å². The number of halogens is 3. The lowest BCUT2D eigenvalue weighted by atomic mass is 10.1. The van der Waals surface area contributed by atoms with Crippen LogP contribution in [-0.2, 0) is 11.3 Å². The van der Waals surface area contributed by atoms with Crippen molar-refractivity contribution in [2.75, 3.05) is 7.11 Å². The predicted octanol–water partition coefficient (Wildman–Crippen LogP) is 3.47. The number of amides is 1. The maximum atomic E-state index is 13.7. The third kappa shape index (κ3) is 5.34. The van der Waals surface area contributed by atoms with E-state index in [0.717, 1.165) is 11.3 Å². The Labute approximate surface area is 162 Å². The molecule has 2 atom stereocenters. The summed E-state index contributed by atoms with van der Waals surface area (Å²) in [6, 6.07) is 9.61. The normalized spacial score (nSPS) is 13.2. The summed E-state index contributed by atoms with van der Waals surface area (Å²) in [6.07, 6.45) is 0. The minimum atomic E-state index is -0.525. The molecule has 3 N–H and O–H groups in total. The van der Waals surface area contributed by atoms with Gasteiger partial charge in [-0.05, 0) is 43.7 Å². The van der Waals surface area contributed by atoms with Gasteiger partial charge in [0.05, 0.1) is 17.2 Å². The molecule has 0 radical (unpaired) electrons. The van der Waals surface area contributed by atoms with E-state index in [9.17, 15) is 9.18 Å². The molecular formula is C19H22Cl2FN2O2+. The van der Waals surface area contributed by atoms with Crippen molar-refractivity contribution in [1.82, 2.24) is 5.32 Å². The van der Waals surface area contributed by atoms with Gasteiger partial charge < -0.3 is 15.4 Å². The standard InChI is InChI=1S/C19H21Cl2FN2O2/c1-11(15-8-18(22)17(21)9-16(15)20)24-12(2)19(25)23-10-13-4-6-14(26-3)7-5-13/h4-9,11-12,24H,10H2,1-3H3,(H,23,25)/p+1/t11-,12+/m0/s1. The van der Waals surface area contributed by atoms with Crippen LogP contribution in [0.2, 0.25) is 10.0 Å². The Kier molecular flexibility index (Phi) is 7.26. The summed E-state index contributed by atoms with van der Waals surface area (Å²) in [6.45, 7) is 4.08. The third-order valence-electron chi connectivity index (χ3n) is 4.15. The molecule has 0 aliphatic rings. The average molecular weight is 400 g/mol. The summed E-state index contributed by atoms with van der Waals surface area (Å²) in [5, 5.41) is 5.08. The minimum absolute atomic E-state index is 0.0174. The van der Waals surface area contributed by atoms with Crippen molar-refractivity contribution in [2.24, 2.45) is 0 Å². The number of hydrogen-bond acceptors (Lipinski definition) is 2. The molecule has 1 amide bonds. The molecule has 2 rings (SSSR count). The van der Waals surface area contributed by atoms with Crippen LogP contribution in [0, 0.1) is 5.82 Å². The van der Waals surface area contributed by atoms with Gasteiger partial charge in [-0.15, -0.1) is 0 Å². The second kappa shape index (κ2) is 9.21. The van der Waals surface area contributed by atoms with Crippen LogP contribution >= 0.6 is 23.2 Å². The number of nitrogens with one attached hydrogen (secondary N) is 1. The first-order valence-electron chi connectivity index (χ1n) is 8.22. The van der Waals surface area contributed by atoms with Gasteiger partial charge in [-0.25, -0.2) is 4.39 Å². The molecule has 2 aromatic rings. The first kappa shape index (κ1) is 20.5. The zero-order valence-corrected chi connectivity index (χ0v) is 16.4. The minimum Gasteiger partial charge on any atom is -0.497 e. The Morgan fingerprint density at radius 3 is 2.46 bits per heavy atom. The molecule has 7 heteroatoms. The van der Waals surface area contributed by atoms with Crippen LogP contribution in [0.25, 0.3) is 0 Å². The first-order chi connectivity index (χ1) is 12.3. The van der Waals surface area contributed by atoms with Gasteiger partial charge in [0.25, 0.3) is 5.91 Å². The molecule has 0 aliphatic carbocycles. The first-order valence-corrected chi connectivity index (χ1v) is 8.97. The molecule has 0 unspecified atom stereocenters. The van der Waals surface area contributed by atoms with Crippen LogP contribution in [0.4, 0.5) is 4.39 Å². The monoisotopic (exact) mass is 399 g/mol. The van der Waals surface area contributed by atoms with Crippen LogP contribution < -0.4 is 15.4 Å². The number of nitrogens with two attached hydrogens (primary N) is 1. The largest absolute Gasteiger partial charge is 0.497 e. The van der Waals surface area contributed by atoms with Gasteiger partial charge in [-0.2, -0.15) is 0 Å². The molecule has 4 nitrogen and oxygen atoms in total. The highest BCUT2D eigenvalue weighted by Gasteiger charge is 2.22. The number of rotatable bonds is 7. The molecule has 0 saturated carbocycles. The second-order valence-electron chi connectivity index (χ2n) is 6.12. The number of carbonyl (C=O) groups is 1. The average Bonchev–Trinajstić information content (AvgIpc) is 2.62. The smallest absolute Gasteiger partial charge is 0.278 e. The van der Waals surface area contributed by atoms with Gasteiger partial charge in [0.1, 0.15) is 17.6 Å². The number of ether oxygens (including phenoxy) is 1. The van der Waals surface area contributed by atoms with E-state index in [0.29, 0.717) is 17.1 Å². The maximum absolute atomic E-state index is 13.7. The number of methoxy groups -OCH3 is 1. The van der Waals surface area contributed by atoms with E-state index in [4.69, 9.17) is 27.9 Å². The zero-order valence-electron chi connectivity index (χ0n) is 14.9. The Morgan fingerprint density at radius 1 is 1.19 bits per heavy atom.